The Morgan fingerprint density at radius 2 is 1.73 bits per heavy atom. The van der Waals surface area contributed by atoms with Gasteiger partial charge in [-0.05, 0) is 18.9 Å². The van der Waals surface area contributed by atoms with Crippen molar-refractivity contribution in [1.82, 2.24) is 15.1 Å². The summed E-state index contributed by atoms with van der Waals surface area (Å²) in [5.74, 6) is -0.0422. The molecule has 1 saturated heterocycles. The van der Waals surface area contributed by atoms with Crippen LogP contribution >= 0.6 is 0 Å². The summed E-state index contributed by atoms with van der Waals surface area (Å²) in [4.78, 5) is 27.6. The second-order valence-corrected chi connectivity index (χ2v) is 5.44. The smallest absolute Gasteiger partial charge is 0.317 e. The van der Waals surface area contributed by atoms with Gasteiger partial charge in [-0.1, -0.05) is 30.3 Å². The lowest BCUT2D eigenvalue weighted by Crippen LogP contribution is -2.56. The van der Waals surface area contributed by atoms with Gasteiger partial charge in [0.25, 0.3) is 0 Å². The first-order chi connectivity index (χ1) is 10.6. The summed E-state index contributed by atoms with van der Waals surface area (Å²) in [7, 11) is 0. The average Bonchev–Trinajstić information content (AvgIpc) is 2.55. The summed E-state index contributed by atoms with van der Waals surface area (Å²) in [5.41, 5.74) is 7.10. The SMILES string of the molecule is CCNC(=O)N1CCN(C(=O)[C@@H](N)Cc2ccccc2)CC1. The molecule has 1 fully saturated rings. The van der Waals surface area contributed by atoms with Gasteiger partial charge in [-0.15, -0.1) is 0 Å². The van der Waals surface area contributed by atoms with Crippen LogP contribution < -0.4 is 11.1 Å². The maximum atomic E-state index is 12.4. The molecule has 3 N–H and O–H groups in total. The van der Waals surface area contributed by atoms with Crippen LogP contribution in [0.2, 0.25) is 0 Å². The molecule has 0 aliphatic carbocycles. The summed E-state index contributed by atoms with van der Waals surface area (Å²) in [6.45, 7) is 4.68. The first-order valence-corrected chi connectivity index (χ1v) is 7.73. The summed E-state index contributed by atoms with van der Waals surface area (Å²) in [5, 5.41) is 2.77. The minimum absolute atomic E-state index is 0.0422. The van der Waals surface area contributed by atoms with Gasteiger partial charge in [0.2, 0.25) is 5.91 Å². The van der Waals surface area contributed by atoms with Gasteiger partial charge in [0.15, 0.2) is 0 Å². The fourth-order valence-corrected chi connectivity index (χ4v) is 2.58. The van der Waals surface area contributed by atoms with Crippen molar-refractivity contribution in [2.24, 2.45) is 5.73 Å². The number of nitrogens with one attached hydrogen (secondary N) is 1. The largest absolute Gasteiger partial charge is 0.338 e. The third kappa shape index (κ3) is 4.21. The van der Waals surface area contributed by atoms with Crippen molar-refractivity contribution in [3.05, 3.63) is 35.9 Å². The number of piperazine rings is 1. The van der Waals surface area contributed by atoms with Crippen LogP contribution in [0.15, 0.2) is 30.3 Å². The molecule has 1 aromatic rings. The van der Waals surface area contributed by atoms with Crippen molar-refractivity contribution in [2.75, 3.05) is 32.7 Å². The van der Waals surface area contributed by atoms with E-state index in [1.807, 2.05) is 37.3 Å². The number of urea groups is 1. The predicted molar refractivity (Wildman–Crippen MR) is 85.3 cm³/mol. The van der Waals surface area contributed by atoms with Crippen LogP contribution in [0.25, 0.3) is 0 Å². The first-order valence-electron chi connectivity index (χ1n) is 7.73. The van der Waals surface area contributed by atoms with Gasteiger partial charge in [0.05, 0.1) is 6.04 Å². The number of hydrogen-bond donors (Lipinski definition) is 2. The number of carbonyl (C=O) groups is 2. The zero-order chi connectivity index (χ0) is 15.9. The standard InChI is InChI=1S/C16H24N4O2/c1-2-18-16(22)20-10-8-19(9-11-20)15(21)14(17)12-13-6-4-3-5-7-13/h3-7,14H,2,8-12,17H2,1H3,(H,18,22)/t14-/m0/s1. The van der Waals surface area contributed by atoms with E-state index in [-0.39, 0.29) is 11.9 Å². The number of benzene rings is 1. The number of hydrogen-bond acceptors (Lipinski definition) is 3. The third-order valence-electron chi connectivity index (χ3n) is 3.82. The Morgan fingerprint density at radius 1 is 1.14 bits per heavy atom. The summed E-state index contributed by atoms with van der Waals surface area (Å²) >= 11 is 0. The van der Waals surface area contributed by atoms with Gasteiger partial charge >= 0.3 is 6.03 Å². The highest BCUT2D eigenvalue weighted by Gasteiger charge is 2.26. The summed E-state index contributed by atoms with van der Waals surface area (Å²) < 4.78 is 0. The van der Waals surface area contributed by atoms with Crippen LogP contribution in [0.1, 0.15) is 12.5 Å². The van der Waals surface area contributed by atoms with E-state index in [1.54, 1.807) is 9.80 Å². The van der Waals surface area contributed by atoms with E-state index in [0.29, 0.717) is 39.1 Å². The van der Waals surface area contributed by atoms with Crippen LogP contribution in [-0.2, 0) is 11.2 Å². The number of rotatable bonds is 4. The van der Waals surface area contributed by atoms with Crippen molar-refractivity contribution < 1.29 is 9.59 Å². The molecular weight excluding hydrogens is 280 g/mol. The van der Waals surface area contributed by atoms with E-state index in [0.717, 1.165) is 5.56 Å². The maximum absolute atomic E-state index is 12.4. The number of nitrogens with two attached hydrogens (primary N) is 1. The third-order valence-corrected chi connectivity index (χ3v) is 3.82. The van der Waals surface area contributed by atoms with Gasteiger partial charge < -0.3 is 20.9 Å². The molecule has 0 unspecified atom stereocenters. The van der Waals surface area contributed by atoms with Crippen molar-refractivity contribution in [3.8, 4) is 0 Å². The van der Waals surface area contributed by atoms with Crippen LogP contribution in [0.4, 0.5) is 4.79 Å². The van der Waals surface area contributed by atoms with Crippen molar-refractivity contribution in [1.29, 1.82) is 0 Å². The minimum Gasteiger partial charge on any atom is -0.338 e. The number of nitrogens with zero attached hydrogens (tertiary/aromatic N) is 2. The Morgan fingerprint density at radius 3 is 2.32 bits per heavy atom. The van der Waals surface area contributed by atoms with Gasteiger partial charge in [0.1, 0.15) is 0 Å². The van der Waals surface area contributed by atoms with Crippen LogP contribution in [0.5, 0.6) is 0 Å². The highest BCUT2D eigenvalue weighted by Crippen LogP contribution is 2.07. The molecule has 0 spiro atoms. The van der Waals surface area contributed by atoms with Gasteiger partial charge in [-0.3, -0.25) is 4.79 Å². The lowest BCUT2D eigenvalue weighted by Gasteiger charge is -2.35. The van der Waals surface area contributed by atoms with Gasteiger partial charge in [-0.2, -0.15) is 0 Å². The monoisotopic (exact) mass is 304 g/mol. The second kappa shape index (κ2) is 7.79. The highest BCUT2D eigenvalue weighted by atomic mass is 16.2. The normalized spacial score (nSPS) is 16.3. The quantitative estimate of drug-likeness (QED) is 0.847. The average molecular weight is 304 g/mol. The lowest BCUT2D eigenvalue weighted by molar-refractivity contribution is -0.134. The Bertz CT molecular complexity index is 498. The Balaban J connectivity index is 1.83. The molecule has 1 aliphatic heterocycles. The summed E-state index contributed by atoms with van der Waals surface area (Å²) in [6, 6.07) is 9.18. The van der Waals surface area contributed by atoms with Crippen LogP contribution in [0.3, 0.4) is 0 Å². The van der Waals surface area contributed by atoms with Crippen LogP contribution in [0, 0.1) is 0 Å². The topological polar surface area (TPSA) is 78.7 Å². The second-order valence-electron chi connectivity index (χ2n) is 5.44. The van der Waals surface area contributed by atoms with Crippen LogP contribution in [-0.4, -0.2) is 60.5 Å². The maximum Gasteiger partial charge on any atom is 0.317 e. The van der Waals surface area contributed by atoms with E-state index in [4.69, 9.17) is 5.73 Å². The number of carbonyl (C=O) groups excluding carboxylic acids is 2. The molecule has 1 aromatic carbocycles. The lowest BCUT2D eigenvalue weighted by atomic mass is 10.1. The molecule has 0 saturated carbocycles. The molecule has 6 nitrogen and oxygen atoms in total. The van der Waals surface area contributed by atoms with E-state index >= 15 is 0 Å². The molecule has 1 atom stereocenters. The van der Waals surface area contributed by atoms with Gasteiger partial charge in [0, 0.05) is 32.7 Å². The van der Waals surface area contributed by atoms with Gasteiger partial charge in [-0.25, -0.2) is 4.79 Å². The van der Waals surface area contributed by atoms with E-state index in [2.05, 4.69) is 5.32 Å². The van der Waals surface area contributed by atoms with Crippen molar-refractivity contribution in [2.45, 2.75) is 19.4 Å². The highest BCUT2D eigenvalue weighted by molar-refractivity contribution is 5.82. The van der Waals surface area contributed by atoms with Crippen molar-refractivity contribution >= 4 is 11.9 Å². The Labute approximate surface area is 131 Å². The molecule has 2 rings (SSSR count). The molecule has 120 valence electrons. The molecule has 0 aromatic heterocycles. The molecule has 3 amide bonds. The first kappa shape index (κ1) is 16.3. The van der Waals surface area contributed by atoms with E-state index in [1.165, 1.54) is 0 Å². The molecule has 22 heavy (non-hydrogen) atoms. The molecule has 1 aliphatic rings. The summed E-state index contributed by atoms with van der Waals surface area (Å²) in [6.07, 6.45) is 0.538. The fraction of sp³-hybridized carbons (Fsp3) is 0.500. The fourth-order valence-electron chi connectivity index (χ4n) is 2.58. The molecular formula is C16H24N4O2. The van der Waals surface area contributed by atoms with E-state index in [9.17, 15) is 9.59 Å². The zero-order valence-electron chi connectivity index (χ0n) is 13.0. The minimum atomic E-state index is -0.529. The zero-order valence-corrected chi connectivity index (χ0v) is 13.0. The predicted octanol–water partition coefficient (Wildman–Crippen LogP) is 0.430. The molecule has 0 radical (unpaired) electrons. The van der Waals surface area contributed by atoms with Crippen molar-refractivity contribution in [3.63, 3.8) is 0 Å². The Hall–Kier alpha value is -2.08. The van der Waals surface area contributed by atoms with E-state index < -0.39 is 6.04 Å². The molecule has 6 heteroatoms. The molecule has 0 bridgehead atoms. The number of amides is 3. The molecule has 1 heterocycles. The Kier molecular flexibility index (Phi) is 5.77.